The number of ether oxygens (including phenoxy) is 1. The van der Waals surface area contributed by atoms with Gasteiger partial charge in [-0.15, -0.1) is 0 Å². The van der Waals surface area contributed by atoms with Crippen LogP contribution in [0.4, 0.5) is 13.6 Å². The first-order valence-corrected chi connectivity index (χ1v) is 18.1. The lowest BCUT2D eigenvalue weighted by Gasteiger charge is -2.38. The van der Waals surface area contributed by atoms with Crippen LogP contribution < -0.4 is 26.0 Å². The molecule has 0 bridgehead atoms. The number of sulfonamides is 1. The third-order valence-electron chi connectivity index (χ3n) is 9.62. The van der Waals surface area contributed by atoms with Gasteiger partial charge in [-0.3, -0.25) is 14.4 Å². The lowest BCUT2D eigenvalue weighted by Crippen LogP contribution is -2.62. The van der Waals surface area contributed by atoms with Crippen molar-refractivity contribution in [2.75, 3.05) is 32.5 Å². The maximum absolute atomic E-state index is 14.2. The summed E-state index contributed by atoms with van der Waals surface area (Å²) in [6.45, 7) is 15.6. The van der Waals surface area contributed by atoms with E-state index in [9.17, 15) is 36.4 Å². The molecule has 2 aliphatic heterocycles. The van der Waals surface area contributed by atoms with Crippen LogP contribution in [0, 0.1) is 28.1 Å². The monoisotopic (exact) mass is 692 g/mol. The van der Waals surface area contributed by atoms with Crippen LogP contribution in [0.25, 0.3) is 0 Å². The summed E-state index contributed by atoms with van der Waals surface area (Å²) in [5.74, 6) is -2.28. The van der Waals surface area contributed by atoms with Crippen molar-refractivity contribution in [2.24, 2.45) is 28.1 Å². The molecule has 3 aliphatic rings. The normalized spacial score (nSPS) is 25.8. The van der Waals surface area contributed by atoms with Crippen LogP contribution in [0.5, 0.6) is 0 Å². The zero-order valence-corrected chi connectivity index (χ0v) is 29.9. The van der Waals surface area contributed by atoms with Gasteiger partial charge in [0.2, 0.25) is 34.2 Å². The number of alkyl halides is 2. The summed E-state index contributed by atoms with van der Waals surface area (Å²) in [7, 11) is -3.53. The number of piperidine rings is 1. The summed E-state index contributed by atoms with van der Waals surface area (Å²) in [6.07, 6.45) is -1.38. The van der Waals surface area contributed by atoms with Crippen LogP contribution in [0.1, 0.15) is 74.7 Å². The average Bonchev–Trinajstić information content (AvgIpc) is 3.35. The van der Waals surface area contributed by atoms with E-state index in [1.165, 1.54) is 4.90 Å². The smallest absolute Gasteiger partial charge is 0.315 e. The second-order valence-electron chi connectivity index (χ2n) is 15.9. The Balaban J connectivity index is 1.79. The van der Waals surface area contributed by atoms with Crippen LogP contribution in [0.15, 0.2) is 0 Å². The molecule has 3 rings (SSSR count). The standard InChI is InChI=1S/C31H54F2N6O7S/c1-29(2,3)20(15-35-47(9,44)45)37-28(43)38-24(30(4,5)6)27(42)39-16-18-22(31(18,7)8)23(39)26(41)36-19(13-21(32)33)25(40)34-14-17-11-10-12-46-17/h17-24,35H,10-16H2,1-9H3,(H,34,40)(H,36,41)(H2,37,38,43)/t17?,18-,19-,20+,22-,23-,24+/m0/s1. The highest BCUT2D eigenvalue weighted by Crippen LogP contribution is 2.65. The lowest BCUT2D eigenvalue weighted by atomic mass is 9.85. The summed E-state index contributed by atoms with van der Waals surface area (Å²) in [6, 6.07) is -4.99. The zero-order valence-electron chi connectivity index (χ0n) is 29.0. The van der Waals surface area contributed by atoms with Crippen molar-refractivity contribution in [2.45, 2.75) is 111 Å². The van der Waals surface area contributed by atoms with Crippen LogP contribution >= 0.6 is 0 Å². The van der Waals surface area contributed by atoms with Crippen LogP contribution in [-0.4, -0.2) is 106 Å². The van der Waals surface area contributed by atoms with Crippen molar-refractivity contribution in [1.82, 2.24) is 30.9 Å². The SMILES string of the molecule is CC(C)(C)[C@H](NC(=O)N[C@H](CNS(C)(=O)=O)C(C)(C)C)C(=O)N1C[C@H]2[C@@H]([C@H]1C(=O)N[C@@H](CC(F)F)C(=O)NCC1CCCO1)C2(C)C. The molecule has 5 amide bonds. The van der Waals surface area contributed by atoms with Gasteiger partial charge in [-0.1, -0.05) is 55.4 Å². The number of urea groups is 1. The fourth-order valence-corrected chi connectivity index (χ4v) is 7.05. The van der Waals surface area contributed by atoms with E-state index >= 15 is 0 Å². The molecule has 3 fully saturated rings. The zero-order chi connectivity index (χ0) is 35.7. The Kier molecular flexibility index (Phi) is 12.0. The maximum atomic E-state index is 14.2. The highest BCUT2D eigenvalue weighted by Gasteiger charge is 2.70. The van der Waals surface area contributed by atoms with Gasteiger partial charge >= 0.3 is 6.03 Å². The summed E-state index contributed by atoms with van der Waals surface area (Å²) in [5, 5.41) is 10.7. The number of carbonyl (C=O) groups is 4. The van der Waals surface area contributed by atoms with Crippen molar-refractivity contribution in [3.05, 3.63) is 0 Å². The number of carbonyl (C=O) groups excluding carboxylic acids is 4. The fourth-order valence-electron chi connectivity index (χ4n) is 6.58. The van der Waals surface area contributed by atoms with Gasteiger partial charge in [0.15, 0.2) is 0 Å². The van der Waals surface area contributed by atoms with E-state index in [0.717, 1.165) is 19.1 Å². The molecule has 0 aromatic heterocycles. The van der Waals surface area contributed by atoms with Crippen molar-refractivity contribution < 1.29 is 41.1 Å². The van der Waals surface area contributed by atoms with E-state index in [2.05, 4.69) is 26.0 Å². The molecular weight excluding hydrogens is 638 g/mol. The third kappa shape index (κ3) is 10.2. The highest BCUT2D eigenvalue weighted by atomic mass is 32.2. The van der Waals surface area contributed by atoms with Crippen molar-refractivity contribution in [1.29, 1.82) is 0 Å². The molecule has 2 saturated heterocycles. The molecule has 0 aromatic rings. The van der Waals surface area contributed by atoms with Gasteiger partial charge in [-0.25, -0.2) is 26.7 Å². The topological polar surface area (TPSA) is 175 Å². The van der Waals surface area contributed by atoms with Crippen molar-refractivity contribution in [3.8, 4) is 0 Å². The average molecular weight is 693 g/mol. The predicted molar refractivity (Wildman–Crippen MR) is 172 cm³/mol. The number of rotatable bonds is 13. The first-order chi connectivity index (χ1) is 21.4. The van der Waals surface area contributed by atoms with Gasteiger partial charge in [0.1, 0.15) is 18.1 Å². The summed E-state index contributed by atoms with van der Waals surface area (Å²) in [5.41, 5.74) is -1.67. The minimum Gasteiger partial charge on any atom is -0.376 e. The first kappa shape index (κ1) is 38.9. The first-order valence-electron chi connectivity index (χ1n) is 16.2. The van der Waals surface area contributed by atoms with Crippen LogP contribution in [-0.2, 0) is 29.1 Å². The molecule has 5 N–H and O–H groups in total. The van der Waals surface area contributed by atoms with E-state index in [1.807, 2.05) is 34.6 Å². The molecule has 0 spiro atoms. The molecule has 47 heavy (non-hydrogen) atoms. The minimum absolute atomic E-state index is 0.0362. The Labute approximate surface area is 277 Å². The van der Waals surface area contributed by atoms with E-state index in [4.69, 9.17) is 4.74 Å². The molecule has 1 unspecified atom stereocenters. The molecule has 0 radical (unpaired) electrons. The molecular formula is C31H54F2N6O7S. The van der Waals surface area contributed by atoms with Gasteiger partial charge < -0.3 is 30.9 Å². The number of nitrogens with zero attached hydrogens (tertiary/aromatic N) is 1. The number of nitrogens with one attached hydrogen (secondary N) is 5. The van der Waals surface area contributed by atoms with Crippen molar-refractivity contribution >= 4 is 33.8 Å². The summed E-state index contributed by atoms with van der Waals surface area (Å²) in [4.78, 5) is 55.7. The second kappa shape index (κ2) is 14.5. The largest absolute Gasteiger partial charge is 0.376 e. The minimum atomic E-state index is -3.53. The summed E-state index contributed by atoms with van der Waals surface area (Å²) >= 11 is 0. The Hall–Kier alpha value is -2.59. The molecule has 7 atom stereocenters. The van der Waals surface area contributed by atoms with Gasteiger partial charge in [-0.05, 0) is 40.9 Å². The fraction of sp³-hybridized carbons (Fsp3) is 0.871. The van der Waals surface area contributed by atoms with Crippen molar-refractivity contribution in [3.63, 3.8) is 0 Å². The third-order valence-corrected chi connectivity index (χ3v) is 10.3. The Bertz CT molecular complexity index is 1280. The maximum Gasteiger partial charge on any atom is 0.315 e. The highest BCUT2D eigenvalue weighted by molar-refractivity contribution is 7.88. The Morgan fingerprint density at radius 3 is 2.15 bits per heavy atom. The summed E-state index contributed by atoms with van der Waals surface area (Å²) < 4.78 is 58.4. The van der Waals surface area contributed by atoms with E-state index in [0.29, 0.717) is 6.61 Å². The number of likely N-dealkylation sites (tertiary alicyclic amines) is 1. The number of halogens is 2. The van der Waals surface area contributed by atoms with E-state index in [-0.39, 0.29) is 43.0 Å². The molecule has 1 saturated carbocycles. The lowest BCUT2D eigenvalue weighted by molar-refractivity contribution is -0.144. The van der Waals surface area contributed by atoms with Crippen LogP contribution in [0.3, 0.4) is 0 Å². The van der Waals surface area contributed by atoms with Gasteiger partial charge in [0.05, 0.1) is 12.4 Å². The molecule has 0 aromatic carbocycles. The molecule has 2 heterocycles. The Morgan fingerprint density at radius 2 is 1.64 bits per heavy atom. The van der Waals surface area contributed by atoms with Gasteiger partial charge in [0.25, 0.3) is 0 Å². The molecule has 13 nitrogen and oxygen atoms in total. The van der Waals surface area contributed by atoms with E-state index < -0.39 is 81.6 Å². The molecule has 1 aliphatic carbocycles. The van der Waals surface area contributed by atoms with Gasteiger partial charge in [0, 0.05) is 38.7 Å². The second-order valence-corrected chi connectivity index (χ2v) is 17.7. The van der Waals surface area contributed by atoms with Crippen LogP contribution in [0.2, 0.25) is 0 Å². The van der Waals surface area contributed by atoms with E-state index in [1.54, 1.807) is 20.8 Å². The quantitative estimate of drug-likeness (QED) is 0.195. The predicted octanol–water partition coefficient (Wildman–Crippen LogP) is 1.58. The number of hydrogen-bond acceptors (Lipinski definition) is 7. The molecule has 270 valence electrons. The number of hydrogen-bond donors (Lipinski definition) is 5. The molecule has 16 heteroatoms. The number of fused-ring (bicyclic) bond motifs is 1. The Morgan fingerprint density at radius 1 is 1.00 bits per heavy atom. The van der Waals surface area contributed by atoms with Gasteiger partial charge in [-0.2, -0.15) is 0 Å². The number of amides is 5.